The van der Waals surface area contributed by atoms with Crippen LogP contribution < -0.4 is 0 Å². The molecular weight excluding hydrogens is 611 g/mol. The molecule has 1 fully saturated rings. The Labute approximate surface area is 282 Å². The predicted molar refractivity (Wildman–Crippen MR) is 190 cm³/mol. The third-order valence-corrected chi connectivity index (χ3v) is 10.7. The van der Waals surface area contributed by atoms with Gasteiger partial charge in [0, 0.05) is 41.2 Å². The van der Waals surface area contributed by atoms with Gasteiger partial charge in [-0.2, -0.15) is 0 Å². The van der Waals surface area contributed by atoms with Gasteiger partial charge >= 0.3 is 0 Å². The number of aliphatic hydroxyl groups excluding tert-OH is 1. The molecule has 4 aromatic rings. The minimum absolute atomic E-state index is 0.0459. The van der Waals surface area contributed by atoms with E-state index in [2.05, 4.69) is 72.6 Å². The van der Waals surface area contributed by atoms with E-state index in [-0.39, 0.29) is 12.4 Å². The maximum atomic E-state index is 12.3. The number of aromatic nitrogens is 1. The smallest absolute Gasteiger partial charge is 0.182 e. The van der Waals surface area contributed by atoms with Crippen LogP contribution in [0.15, 0.2) is 77.3 Å². The van der Waals surface area contributed by atoms with Gasteiger partial charge in [-0.3, -0.25) is 4.79 Å². The Kier molecular flexibility index (Phi) is 13.2. The number of Topliss-reactive ketones (excluding diaryl/α,β-unsaturated/α-hetero) is 1. The Morgan fingerprint density at radius 3 is 2.57 bits per heavy atom. The van der Waals surface area contributed by atoms with E-state index in [0.29, 0.717) is 30.6 Å². The van der Waals surface area contributed by atoms with Gasteiger partial charge in [0.2, 0.25) is 0 Å². The van der Waals surface area contributed by atoms with Gasteiger partial charge in [-0.15, -0.1) is 22.7 Å². The number of ketones is 1. The standard InChI is InChI=1S/C39H47NO4S2/c1-3-44-34(23-31-9-7-28(2)8-10-31)18-17-32(14-11-30-19-21-43-22-20-30)35-24-38(46-39(35)25-41)33-15-12-29(13-16-33)5-4-6-37(42)36-26-45-27-40-36/h7-10,12-13,15-16,18,24,26-27,30,32,41H,3-6,11,14,17,19-23,25H2,1-2H3. The quantitative estimate of drug-likeness (QED) is 0.0905. The van der Waals surface area contributed by atoms with Crippen LogP contribution in [0.4, 0.5) is 0 Å². The number of aryl methyl sites for hydroxylation is 2. The molecule has 0 amide bonds. The molecule has 1 atom stereocenters. The Morgan fingerprint density at radius 2 is 1.87 bits per heavy atom. The van der Waals surface area contributed by atoms with Crippen molar-refractivity contribution in [3.05, 3.63) is 110 Å². The summed E-state index contributed by atoms with van der Waals surface area (Å²) in [6.45, 7) is 6.58. The second kappa shape index (κ2) is 17.7. The first-order valence-corrected chi connectivity index (χ1v) is 18.5. The van der Waals surface area contributed by atoms with E-state index in [1.54, 1.807) is 16.8 Å². The summed E-state index contributed by atoms with van der Waals surface area (Å²) in [5.41, 5.74) is 8.47. The summed E-state index contributed by atoms with van der Waals surface area (Å²) >= 11 is 3.16. The van der Waals surface area contributed by atoms with E-state index in [9.17, 15) is 9.90 Å². The first-order chi connectivity index (χ1) is 22.5. The lowest BCUT2D eigenvalue weighted by Crippen LogP contribution is -2.16. The van der Waals surface area contributed by atoms with E-state index < -0.39 is 0 Å². The topological polar surface area (TPSA) is 68.7 Å². The fourth-order valence-corrected chi connectivity index (χ4v) is 7.91. The molecule has 0 spiro atoms. The summed E-state index contributed by atoms with van der Waals surface area (Å²) in [4.78, 5) is 18.7. The molecule has 5 nitrogen and oxygen atoms in total. The van der Waals surface area contributed by atoms with Crippen LogP contribution in [0.1, 0.15) is 95.4 Å². The monoisotopic (exact) mass is 657 g/mol. The number of carbonyl (C=O) groups excluding carboxylic acids is 1. The van der Waals surface area contributed by atoms with Crippen LogP contribution in [0.2, 0.25) is 0 Å². The van der Waals surface area contributed by atoms with Crippen molar-refractivity contribution in [2.24, 2.45) is 5.92 Å². The Morgan fingerprint density at radius 1 is 1.11 bits per heavy atom. The molecule has 5 rings (SSSR count). The molecule has 1 saturated heterocycles. The number of hydrogen-bond acceptors (Lipinski definition) is 7. The number of aliphatic hydroxyl groups is 1. The average Bonchev–Trinajstić information content (AvgIpc) is 3.78. The van der Waals surface area contributed by atoms with Crippen LogP contribution in [0, 0.1) is 12.8 Å². The molecule has 1 unspecified atom stereocenters. The molecular formula is C39H47NO4S2. The number of nitrogens with zero attached hydrogens (tertiary/aromatic N) is 1. The number of benzene rings is 2. The predicted octanol–water partition coefficient (Wildman–Crippen LogP) is 9.72. The van der Waals surface area contributed by atoms with Crippen molar-refractivity contribution in [1.82, 2.24) is 4.98 Å². The number of carbonyl (C=O) groups is 1. The Balaban J connectivity index is 1.30. The van der Waals surface area contributed by atoms with Crippen LogP contribution >= 0.6 is 22.7 Å². The van der Waals surface area contributed by atoms with E-state index >= 15 is 0 Å². The fraction of sp³-hybridized carbons (Fsp3) is 0.436. The van der Waals surface area contributed by atoms with E-state index in [1.807, 2.05) is 12.3 Å². The zero-order chi connectivity index (χ0) is 32.1. The maximum Gasteiger partial charge on any atom is 0.182 e. The molecule has 2 aromatic carbocycles. The van der Waals surface area contributed by atoms with Gasteiger partial charge < -0.3 is 14.6 Å². The lowest BCUT2D eigenvalue weighted by molar-refractivity contribution is 0.0627. The van der Waals surface area contributed by atoms with Gasteiger partial charge in [-0.25, -0.2) is 4.98 Å². The summed E-state index contributed by atoms with van der Waals surface area (Å²) < 4.78 is 11.8. The highest BCUT2D eigenvalue weighted by molar-refractivity contribution is 7.15. The molecule has 3 heterocycles. The first-order valence-electron chi connectivity index (χ1n) is 16.7. The van der Waals surface area contributed by atoms with E-state index in [0.717, 1.165) is 68.8 Å². The molecule has 2 aromatic heterocycles. The second-order valence-corrected chi connectivity index (χ2v) is 14.2. The molecule has 0 saturated carbocycles. The maximum absolute atomic E-state index is 12.3. The normalized spacial score (nSPS) is 14.8. The molecule has 1 aliphatic rings. The van der Waals surface area contributed by atoms with Crippen molar-refractivity contribution >= 4 is 28.5 Å². The zero-order valence-corrected chi connectivity index (χ0v) is 28.8. The van der Waals surface area contributed by atoms with Gasteiger partial charge in [-0.1, -0.05) is 54.1 Å². The minimum atomic E-state index is 0.0459. The van der Waals surface area contributed by atoms with Crippen molar-refractivity contribution in [2.75, 3.05) is 19.8 Å². The van der Waals surface area contributed by atoms with Crippen LogP contribution in [-0.2, 0) is 28.9 Å². The highest BCUT2D eigenvalue weighted by Gasteiger charge is 2.22. The SMILES string of the molecule is CCOC(=CCC(CCC1CCOCC1)c1cc(-c2ccc(CCCC(=O)c3cscn3)cc2)sc1CO)Cc1ccc(C)cc1. The van der Waals surface area contributed by atoms with Crippen LogP contribution in [-0.4, -0.2) is 35.7 Å². The molecule has 1 aliphatic heterocycles. The Hall–Kier alpha value is -3.10. The fourth-order valence-electron chi connectivity index (χ4n) is 6.24. The molecule has 46 heavy (non-hydrogen) atoms. The van der Waals surface area contributed by atoms with Gasteiger partial charge in [0.25, 0.3) is 0 Å². The van der Waals surface area contributed by atoms with Gasteiger partial charge in [-0.05, 0) is 105 Å². The van der Waals surface area contributed by atoms with Crippen LogP contribution in [0.5, 0.6) is 0 Å². The third-order valence-electron chi connectivity index (χ3n) is 8.97. The number of rotatable bonds is 17. The van der Waals surface area contributed by atoms with Crippen molar-refractivity contribution in [2.45, 2.75) is 84.2 Å². The Bertz CT molecular complexity index is 1520. The average molecular weight is 658 g/mol. The molecule has 0 bridgehead atoms. The molecule has 0 aliphatic carbocycles. The van der Waals surface area contributed by atoms with E-state index in [1.165, 1.54) is 50.5 Å². The van der Waals surface area contributed by atoms with Gasteiger partial charge in [0.15, 0.2) is 5.78 Å². The number of hydrogen-bond donors (Lipinski definition) is 1. The molecule has 0 radical (unpaired) electrons. The summed E-state index contributed by atoms with van der Waals surface area (Å²) in [5, 5.41) is 12.3. The first kappa shape index (κ1) is 34.2. The van der Waals surface area contributed by atoms with Gasteiger partial charge in [0.1, 0.15) is 5.69 Å². The lowest BCUT2D eigenvalue weighted by atomic mass is 9.85. The molecule has 7 heteroatoms. The number of thiazole rings is 1. The van der Waals surface area contributed by atoms with Crippen LogP contribution in [0.3, 0.4) is 0 Å². The second-order valence-electron chi connectivity index (χ2n) is 12.3. The number of allylic oxidation sites excluding steroid dienone is 2. The lowest BCUT2D eigenvalue weighted by Gasteiger charge is -2.24. The van der Waals surface area contributed by atoms with Crippen molar-refractivity contribution in [1.29, 1.82) is 0 Å². The molecule has 1 N–H and O–H groups in total. The van der Waals surface area contributed by atoms with Crippen molar-refractivity contribution < 1.29 is 19.4 Å². The highest BCUT2D eigenvalue weighted by Crippen LogP contribution is 2.40. The van der Waals surface area contributed by atoms with Gasteiger partial charge in [0.05, 0.1) is 24.5 Å². The highest BCUT2D eigenvalue weighted by atomic mass is 32.1. The van der Waals surface area contributed by atoms with Crippen molar-refractivity contribution in [3.8, 4) is 10.4 Å². The summed E-state index contributed by atoms with van der Waals surface area (Å²) in [7, 11) is 0. The van der Waals surface area contributed by atoms with Crippen molar-refractivity contribution in [3.63, 3.8) is 0 Å². The third kappa shape index (κ3) is 9.95. The van der Waals surface area contributed by atoms with Crippen LogP contribution in [0.25, 0.3) is 10.4 Å². The summed E-state index contributed by atoms with van der Waals surface area (Å²) in [6, 6.07) is 19.7. The number of thiophene rings is 1. The largest absolute Gasteiger partial charge is 0.498 e. The molecule has 244 valence electrons. The minimum Gasteiger partial charge on any atom is -0.498 e. The van der Waals surface area contributed by atoms with E-state index in [4.69, 9.17) is 9.47 Å². The zero-order valence-electron chi connectivity index (χ0n) is 27.2. The number of ether oxygens (including phenoxy) is 2. The summed E-state index contributed by atoms with van der Waals surface area (Å²) in [6.07, 6.45) is 10.7. The summed E-state index contributed by atoms with van der Waals surface area (Å²) in [5.74, 6) is 2.13.